The molecule has 1 atom stereocenters. The van der Waals surface area contributed by atoms with Crippen molar-refractivity contribution < 1.29 is 18.9 Å². The molecule has 0 aliphatic rings. The molecule has 2 aromatic rings. The molecule has 0 bridgehead atoms. The molecule has 6 heteroatoms. The van der Waals surface area contributed by atoms with Crippen molar-refractivity contribution in [3.05, 3.63) is 64.7 Å². The summed E-state index contributed by atoms with van der Waals surface area (Å²) in [5.74, 6) is -0.723. The van der Waals surface area contributed by atoms with Crippen LogP contribution in [0.15, 0.2) is 42.5 Å². The van der Waals surface area contributed by atoms with Crippen LogP contribution in [-0.4, -0.2) is 12.5 Å². The summed E-state index contributed by atoms with van der Waals surface area (Å²) in [6, 6.07) is 10.1. The van der Waals surface area contributed by atoms with Crippen LogP contribution in [0.5, 0.6) is 0 Å². The van der Waals surface area contributed by atoms with Gasteiger partial charge >= 0.3 is 0 Å². The number of halogens is 3. The topological polar surface area (TPSA) is 45.7 Å². The van der Waals surface area contributed by atoms with Crippen LogP contribution in [0.3, 0.4) is 0 Å². The van der Waals surface area contributed by atoms with Crippen molar-refractivity contribution in [2.45, 2.75) is 19.9 Å². The predicted molar refractivity (Wildman–Crippen MR) is 90.8 cm³/mol. The molecule has 0 radical (unpaired) electrons. The lowest BCUT2D eigenvalue weighted by Crippen LogP contribution is -2.88. The summed E-state index contributed by atoms with van der Waals surface area (Å²) in [7, 11) is 0. The molecule has 128 valence electrons. The van der Waals surface area contributed by atoms with Crippen LogP contribution in [0.25, 0.3) is 0 Å². The van der Waals surface area contributed by atoms with E-state index in [0.717, 1.165) is 11.6 Å². The summed E-state index contributed by atoms with van der Waals surface area (Å²) in [5.41, 5.74) is 1.33. The average molecular weight is 354 g/mol. The Morgan fingerprint density at radius 3 is 2.33 bits per heavy atom. The Balaban J connectivity index is 1.98. The minimum Gasteiger partial charge on any atom is -0.332 e. The van der Waals surface area contributed by atoms with Crippen LogP contribution in [0.2, 0.25) is 5.02 Å². The number of nitrogens with two attached hydrogens (primary N) is 1. The molecule has 3 N–H and O–H groups in total. The number of carbonyl (C=O) groups is 1. The second-order valence-corrected chi connectivity index (χ2v) is 6.34. The minimum absolute atomic E-state index is 0.0278. The first-order chi connectivity index (χ1) is 11.4. The highest BCUT2D eigenvalue weighted by molar-refractivity contribution is 6.33. The van der Waals surface area contributed by atoms with E-state index in [2.05, 4.69) is 5.32 Å². The van der Waals surface area contributed by atoms with Crippen LogP contribution in [0.1, 0.15) is 25.5 Å². The SMILES string of the molecule is CC(C)[C@@H]([NH2+]CC(=O)Nc1ccc(F)cc1Cl)c1ccc(F)cc1. The summed E-state index contributed by atoms with van der Waals surface area (Å²) in [6.07, 6.45) is 0. The highest BCUT2D eigenvalue weighted by Gasteiger charge is 2.20. The molecule has 0 unspecified atom stereocenters. The third-order valence-corrected chi connectivity index (χ3v) is 4.05. The average Bonchev–Trinajstić information content (AvgIpc) is 2.52. The van der Waals surface area contributed by atoms with Gasteiger partial charge < -0.3 is 10.6 Å². The van der Waals surface area contributed by atoms with Crippen molar-refractivity contribution in [1.29, 1.82) is 0 Å². The quantitative estimate of drug-likeness (QED) is 0.820. The van der Waals surface area contributed by atoms with E-state index >= 15 is 0 Å². The Labute approximate surface area is 145 Å². The zero-order valence-electron chi connectivity index (χ0n) is 13.5. The number of hydrogen-bond acceptors (Lipinski definition) is 1. The fourth-order valence-electron chi connectivity index (χ4n) is 2.50. The summed E-state index contributed by atoms with van der Waals surface area (Å²) >= 11 is 5.90. The van der Waals surface area contributed by atoms with Crippen LogP contribution in [-0.2, 0) is 4.79 Å². The van der Waals surface area contributed by atoms with E-state index in [9.17, 15) is 13.6 Å². The van der Waals surface area contributed by atoms with Crippen molar-refractivity contribution in [3.63, 3.8) is 0 Å². The molecule has 0 aliphatic carbocycles. The molecular formula is C18H20ClF2N2O+. The van der Waals surface area contributed by atoms with Gasteiger partial charge in [0.05, 0.1) is 10.7 Å². The summed E-state index contributed by atoms with van der Waals surface area (Å²) in [4.78, 5) is 12.1. The maximum absolute atomic E-state index is 13.1. The molecule has 0 spiro atoms. The lowest BCUT2D eigenvalue weighted by atomic mass is 9.96. The maximum Gasteiger partial charge on any atom is 0.279 e. The molecule has 0 fully saturated rings. The number of anilines is 1. The van der Waals surface area contributed by atoms with Gasteiger partial charge in [-0.3, -0.25) is 4.79 Å². The molecule has 0 heterocycles. The molecule has 24 heavy (non-hydrogen) atoms. The van der Waals surface area contributed by atoms with Crippen LogP contribution >= 0.6 is 11.6 Å². The number of carbonyl (C=O) groups excluding carboxylic acids is 1. The van der Waals surface area contributed by atoms with Gasteiger partial charge in [0.15, 0.2) is 6.54 Å². The van der Waals surface area contributed by atoms with Crippen molar-refractivity contribution in [2.75, 3.05) is 11.9 Å². The molecule has 3 nitrogen and oxygen atoms in total. The van der Waals surface area contributed by atoms with Gasteiger partial charge in [-0.15, -0.1) is 0 Å². The third kappa shape index (κ3) is 5.01. The summed E-state index contributed by atoms with van der Waals surface area (Å²) < 4.78 is 26.1. The van der Waals surface area contributed by atoms with Gasteiger partial charge in [-0.05, 0) is 30.3 Å². The second kappa shape index (κ2) is 8.22. The number of rotatable bonds is 6. The Morgan fingerprint density at radius 1 is 1.12 bits per heavy atom. The van der Waals surface area contributed by atoms with Crippen molar-refractivity contribution >= 4 is 23.2 Å². The monoisotopic (exact) mass is 353 g/mol. The van der Waals surface area contributed by atoms with E-state index in [0.29, 0.717) is 5.69 Å². The molecule has 2 rings (SSSR count). The van der Waals surface area contributed by atoms with Crippen LogP contribution < -0.4 is 10.6 Å². The zero-order chi connectivity index (χ0) is 17.7. The highest BCUT2D eigenvalue weighted by Crippen LogP contribution is 2.22. The second-order valence-electron chi connectivity index (χ2n) is 5.93. The third-order valence-electron chi connectivity index (χ3n) is 3.74. The first kappa shape index (κ1) is 18.4. The van der Waals surface area contributed by atoms with Crippen molar-refractivity contribution in [2.24, 2.45) is 5.92 Å². The molecule has 0 aliphatic heterocycles. The lowest BCUT2D eigenvalue weighted by molar-refractivity contribution is -0.692. The number of hydrogen-bond donors (Lipinski definition) is 2. The Morgan fingerprint density at radius 2 is 1.75 bits per heavy atom. The molecule has 2 aromatic carbocycles. The van der Waals surface area contributed by atoms with Gasteiger partial charge in [-0.1, -0.05) is 37.6 Å². The van der Waals surface area contributed by atoms with Gasteiger partial charge in [0, 0.05) is 11.5 Å². The molecule has 0 saturated carbocycles. The summed E-state index contributed by atoms with van der Waals surface area (Å²) in [5, 5.41) is 4.71. The fraction of sp³-hybridized carbons (Fsp3) is 0.278. The normalized spacial score (nSPS) is 12.2. The molecule has 0 saturated heterocycles. The maximum atomic E-state index is 13.1. The molecule has 0 aromatic heterocycles. The van der Waals surface area contributed by atoms with E-state index in [1.165, 1.54) is 24.3 Å². The Bertz CT molecular complexity index is 705. The van der Waals surface area contributed by atoms with Gasteiger partial charge in [-0.25, -0.2) is 8.78 Å². The minimum atomic E-state index is -0.458. The fourth-order valence-corrected chi connectivity index (χ4v) is 2.72. The number of amides is 1. The zero-order valence-corrected chi connectivity index (χ0v) is 14.3. The van der Waals surface area contributed by atoms with Crippen LogP contribution in [0, 0.1) is 17.6 Å². The number of quaternary nitrogens is 1. The van der Waals surface area contributed by atoms with Crippen molar-refractivity contribution in [1.82, 2.24) is 0 Å². The highest BCUT2D eigenvalue weighted by atomic mass is 35.5. The standard InChI is InChI=1S/C18H19ClF2N2O/c1-11(2)18(12-3-5-13(20)6-4-12)22-10-17(24)23-16-8-7-14(21)9-15(16)19/h3-9,11,18,22H,10H2,1-2H3,(H,23,24)/p+1/t18-/m1/s1. The van der Waals surface area contributed by atoms with E-state index in [4.69, 9.17) is 11.6 Å². The van der Waals surface area contributed by atoms with E-state index in [-0.39, 0.29) is 35.3 Å². The summed E-state index contributed by atoms with van der Waals surface area (Å²) in [6.45, 7) is 4.26. The molecular weight excluding hydrogens is 334 g/mol. The van der Waals surface area contributed by atoms with Crippen LogP contribution in [0.4, 0.5) is 14.5 Å². The molecule has 1 amide bonds. The predicted octanol–water partition coefficient (Wildman–Crippen LogP) is 3.52. The first-order valence-electron chi connectivity index (χ1n) is 7.70. The van der Waals surface area contributed by atoms with E-state index < -0.39 is 5.82 Å². The van der Waals surface area contributed by atoms with Gasteiger partial charge in [0.2, 0.25) is 0 Å². The lowest BCUT2D eigenvalue weighted by Gasteiger charge is -2.19. The van der Waals surface area contributed by atoms with Gasteiger partial charge in [-0.2, -0.15) is 0 Å². The number of benzene rings is 2. The van der Waals surface area contributed by atoms with Gasteiger partial charge in [0.25, 0.3) is 5.91 Å². The van der Waals surface area contributed by atoms with E-state index in [1.807, 2.05) is 19.2 Å². The first-order valence-corrected chi connectivity index (χ1v) is 8.08. The smallest absolute Gasteiger partial charge is 0.279 e. The number of nitrogens with one attached hydrogen (secondary N) is 1. The van der Waals surface area contributed by atoms with Gasteiger partial charge in [0.1, 0.15) is 17.7 Å². The largest absolute Gasteiger partial charge is 0.332 e. The Kier molecular flexibility index (Phi) is 6.29. The van der Waals surface area contributed by atoms with Crippen molar-refractivity contribution in [3.8, 4) is 0 Å². The van der Waals surface area contributed by atoms with E-state index in [1.54, 1.807) is 12.1 Å². The Hall–Kier alpha value is -1.98.